The summed E-state index contributed by atoms with van der Waals surface area (Å²) in [6.07, 6.45) is 2.55. The van der Waals surface area contributed by atoms with E-state index in [0.29, 0.717) is 22.9 Å². The van der Waals surface area contributed by atoms with Gasteiger partial charge in [-0.25, -0.2) is 0 Å². The molecule has 1 aromatic carbocycles. The number of hydrogen-bond acceptors (Lipinski definition) is 5. The van der Waals surface area contributed by atoms with E-state index < -0.39 is 4.92 Å². The summed E-state index contributed by atoms with van der Waals surface area (Å²) in [5, 5.41) is 11.3. The molecule has 0 N–H and O–H groups in total. The molecule has 0 amide bonds. The van der Waals surface area contributed by atoms with Gasteiger partial charge in [0, 0.05) is 36.6 Å². The van der Waals surface area contributed by atoms with E-state index in [9.17, 15) is 19.7 Å². The Hall–Kier alpha value is -2.70. The van der Waals surface area contributed by atoms with Crippen molar-refractivity contribution in [1.29, 1.82) is 0 Å². The molecule has 7 nitrogen and oxygen atoms in total. The zero-order chi connectivity index (χ0) is 20.3. The molecule has 0 atom stereocenters. The first-order chi connectivity index (χ1) is 12.3. The van der Waals surface area contributed by atoms with E-state index in [4.69, 9.17) is 0 Å². The molecule has 0 spiro atoms. The van der Waals surface area contributed by atoms with Gasteiger partial charge in [-0.3, -0.25) is 19.7 Å². The van der Waals surface area contributed by atoms with E-state index in [0.717, 1.165) is 12.8 Å². The van der Waals surface area contributed by atoms with Crippen molar-refractivity contribution in [2.75, 3.05) is 7.11 Å². The van der Waals surface area contributed by atoms with E-state index in [-0.39, 0.29) is 17.2 Å². The molecule has 2 rings (SSSR count). The molecule has 144 valence electrons. The number of carbonyl (C=O) groups is 1. The number of aryl methyl sites for hydroxylation is 2. The molecule has 0 saturated heterocycles. The van der Waals surface area contributed by atoms with E-state index >= 15 is 0 Å². The van der Waals surface area contributed by atoms with E-state index in [1.807, 2.05) is 20.8 Å². The Kier molecular flexibility index (Phi) is 10.6. The number of fused-ring (bicyclic) bond motifs is 1. The van der Waals surface area contributed by atoms with Gasteiger partial charge in [0.2, 0.25) is 0 Å². The highest BCUT2D eigenvalue weighted by atomic mass is 16.6. The van der Waals surface area contributed by atoms with Gasteiger partial charge in [0.1, 0.15) is 0 Å². The monoisotopic (exact) mass is 364 g/mol. The Morgan fingerprint density at radius 2 is 1.88 bits per heavy atom. The first-order valence-electron chi connectivity index (χ1n) is 8.63. The van der Waals surface area contributed by atoms with Crippen LogP contribution in [0.15, 0.2) is 29.1 Å². The molecule has 26 heavy (non-hydrogen) atoms. The van der Waals surface area contributed by atoms with Crippen molar-refractivity contribution in [3.8, 4) is 0 Å². The van der Waals surface area contributed by atoms with Crippen molar-refractivity contribution in [2.45, 2.75) is 47.0 Å². The molecule has 0 aliphatic heterocycles. The second-order valence-corrected chi connectivity index (χ2v) is 5.37. The van der Waals surface area contributed by atoms with Crippen molar-refractivity contribution in [3.63, 3.8) is 0 Å². The van der Waals surface area contributed by atoms with Crippen molar-refractivity contribution in [3.05, 3.63) is 50.3 Å². The molecule has 0 aliphatic carbocycles. The fourth-order valence-electron chi connectivity index (χ4n) is 2.17. The fourth-order valence-corrected chi connectivity index (χ4v) is 2.17. The van der Waals surface area contributed by atoms with Gasteiger partial charge in [-0.15, -0.1) is 0 Å². The highest BCUT2D eigenvalue weighted by Crippen LogP contribution is 2.19. The fraction of sp³-hybridized carbons (Fsp3) is 0.474. The quantitative estimate of drug-likeness (QED) is 0.462. The van der Waals surface area contributed by atoms with E-state index in [2.05, 4.69) is 4.74 Å². The minimum absolute atomic E-state index is 0.0329. The van der Waals surface area contributed by atoms with E-state index in [1.54, 1.807) is 26.1 Å². The lowest BCUT2D eigenvalue weighted by molar-refractivity contribution is -0.384. The van der Waals surface area contributed by atoms with Gasteiger partial charge in [0.25, 0.3) is 11.2 Å². The minimum Gasteiger partial charge on any atom is -0.469 e. The normalized spacial score (nSPS) is 9.46. The second kappa shape index (κ2) is 11.8. The molecule has 0 radical (unpaired) electrons. The summed E-state index contributed by atoms with van der Waals surface area (Å²) in [4.78, 5) is 32.2. The highest BCUT2D eigenvalue weighted by molar-refractivity contribution is 5.82. The molecule has 0 bridgehead atoms. The van der Waals surface area contributed by atoms with Gasteiger partial charge in [0.15, 0.2) is 0 Å². The number of unbranched alkanes of at least 4 members (excludes halogenated alkanes) is 1. The zero-order valence-corrected chi connectivity index (χ0v) is 16.4. The number of hydrogen-bond donors (Lipinski definition) is 0. The summed E-state index contributed by atoms with van der Waals surface area (Å²) in [7, 11) is 3.07. The third kappa shape index (κ3) is 6.66. The first kappa shape index (κ1) is 23.3. The molecule has 2 aromatic rings. The van der Waals surface area contributed by atoms with Crippen molar-refractivity contribution >= 4 is 22.6 Å². The summed E-state index contributed by atoms with van der Waals surface area (Å²) < 4.78 is 5.91. The van der Waals surface area contributed by atoms with Gasteiger partial charge in [-0.05, 0) is 25.5 Å². The van der Waals surface area contributed by atoms with Crippen LogP contribution in [-0.2, 0) is 16.6 Å². The Bertz CT molecular complexity index is 796. The molecular weight excluding hydrogens is 336 g/mol. The van der Waals surface area contributed by atoms with Crippen LogP contribution in [0.2, 0.25) is 0 Å². The number of methoxy groups -OCH3 is 1. The van der Waals surface area contributed by atoms with Crippen LogP contribution in [0.5, 0.6) is 0 Å². The number of nitrogens with zero attached hydrogens (tertiary/aromatic N) is 2. The number of non-ortho nitro benzene ring substituents is 1. The van der Waals surface area contributed by atoms with E-state index in [1.165, 1.54) is 23.8 Å². The number of nitro groups is 1. The summed E-state index contributed by atoms with van der Waals surface area (Å²) in [5.41, 5.74) is 1.23. The average molecular weight is 364 g/mol. The number of ether oxygens (including phenoxy) is 1. The number of pyridine rings is 1. The molecule has 1 aromatic heterocycles. The highest BCUT2D eigenvalue weighted by Gasteiger charge is 2.09. The van der Waals surface area contributed by atoms with Crippen LogP contribution in [0.3, 0.4) is 0 Å². The van der Waals surface area contributed by atoms with Crippen LogP contribution in [0.4, 0.5) is 5.69 Å². The van der Waals surface area contributed by atoms with Crippen LogP contribution in [0.25, 0.3) is 10.9 Å². The lowest BCUT2D eigenvalue weighted by atomic mass is 10.1. The minimum atomic E-state index is -0.445. The topological polar surface area (TPSA) is 91.4 Å². The van der Waals surface area contributed by atoms with Crippen LogP contribution in [-0.4, -0.2) is 22.6 Å². The Morgan fingerprint density at radius 1 is 1.27 bits per heavy atom. The van der Waals surface area contributed by atoms with Crippen LogP contribution >= 0.6 is 0 Å². The maximum absolute atomic E-state index is 11.6. The number of benzene rings is 1. The predicted molar refractivity (Wildman–Crippen MR) is 103 cm³/mol. The van der Waals surface area contributed by atoms with Gasteiger partial charge in [0.05, 0.1) is 17.5 Å². The van der Waals surface area contributed by atoms with Crippen LogP contribution in [0.1, 0.15) is 45.6 Å². The largest absolute Gasteiger partial charge is 0.469 e. The molecule has 0 unspecified atom stereocenters. The summed E-state index contributed by atoms with van der Waals surface area (Å²) in [6, 6.07) is 6.14. The average Bonchev–Trinajstić information content (AvgIpc) is 2.65. The van der Waals surface area contributed by atoms with Crippen molar-refractivity contribution in [1.82, 2.24) is 4.57 Å². The van der Waals surface area contributed by atoms with Crippen LogP contribution < -0.4 is 5.56 Å². The Labute approximate surface area is 153 Å². The zero-order valence-electron chi connectivity index (χ0n) is 16.4. The third-order valence-electron chi connectivity index (χ3n) is 3.56. The first-order valence-corrected chi connectivity index (χ1v) is 8.63. The molecule has 0 saturated carbocycles. The molecule has 7 heteroatoms. The Morgan fingerprint density at radius 3 is 2.38 bits per heavy atom. The number of nitro benzene ring substituents is 1. The van der Waals surface area contributed by atoms with Gasteiger partial charge >= 0.3 is 5.97 Å². The second-order valence-electron chi connectivity index (χ2n) is 5.37. The standard InChI is InChI=1S/C11H10N2O3.C6H12O2.C2H6/c1-7-5-8-6-9(13(15)16)3-4-10(8)12(2)11(7)14;1-3-4-5-6(7)8-2;1-2/h3-6H,1-2H3;3-5H2,1-2H3;1-2H3. The predicted octanol–water partition coefficient (Wildman–Crippen LogP) is 4.13. The molecule has 0 fully saturated rings. The lowest BCUT2D eigenvalue weighted by Gasteiger charge is -2.05. The number of carbonyl (C=O) groups excluding carboxylic acids is 1. The summed E-state index contributed by atoms with van der Waals surface area (Å²) >= 11 is 0. The number of rotatable bonds is 4. The van der Waals surface area contributed by atoms with Crippen LogP contribution in [0, 0.1) is 17.0 Å². The summed E-state index contributed by atoms with van der Waals surface area (Å²) in [5.74, 6) is -0.105. The maximum atomic E-state index is 11.6. The smallest absolute Gasteiger partial charge is 0.305 e. The van der Waals surface area contributed by atoms with Gasteiger partial charge in [-0.1, -0.05) is 27.2 Å². The van der Waals surface area contributed by atoms with Crippen molar-refractivity contribution < 1.29 is 14.5 Å². The Balaban J connectivity index is 0.000000533. The molecule has 0 aliphatic rings. The van der Waals surface area contributed by atoms with Crippen molar-refractivity contribution in [2.24, 2.45) is 7.05 Å². The van der Waals surface area contributed by atoms with Gasteiger partial charge < -0.3 is 9.30 Å². The molecule has 1 heterocycles. The maximum Gasteiger partial charge on any atom is 0.305 e. The van der Waals surface area contributed by atoms with Gasteiger partial charge in [-0.2, -0.15) is 0 Å². The summed E-state index contributed by atoms with van der Waals surface area (Å²) in [6.45, 7) is 7.74. The third-order valence-corrected chi connectivity index (χ3v) is 3.56. The SMILES string of the molecule is CC.CCCCC(=O)OC.Cc1cc2cc([N+](=O)[O-])ccc2n(C)c1=O. The molecular formula is C19H28N2O5. The lowest BCUT2D eigenvalue weighted by Crippen LogP contribution is -2.19. The number of esters is 1. The number of aromatic nitrogens is 1.